The molecule has 1 aromatic heterocycles. The molecule has 6 rings (SSSR count). The summed E-state index contributed by atoms with van der Waals surface area (Å²) in [5, 5.41) is 19.7. The Morgan fingerprint density at radius 3 is 2.64 bits per heavy atom. The van der Waals surface area contributed by atoms with Crippen LogP contribution in [0.4, 0.5) is 0 Å². The second-order valence-electron chi connectivity index (χ2n) is 10.9. The van der Waals surface area contributed by atoms with Crippen molar-refractivity contribution in [3.8, 4) is 40.2 Å². The summed E-state index contributed by atoms with van der Waals surface area (Å²) in [7, 11) is 0. The Morgan fingerprint density at radius 1 is 1.05 bits per heavy atom. The average molecular weight is 610 g/mol. The van der Waals surface area contributed by atoms with Gasteiger partial charge in [0.05, 0.1) is 16.6 Å². The molecule has 9 heteroatoms. The molecule has 0 radical (unpaired) electrons. The van der Waals surface area contributed by atoms with E-state index in [1.54, 1.807) is 12.3 Å². The Kier molecular flexibility index (Phi) is 8.60. The monoisotopic (exact) mass is 609 g/mol. The van der Waals surface area contributed by atoms with Crippen molar-refractivity contribution >= 4 is 11.6 Å². The topological polar surface area (TPSA) is 97.1 Å². The lowest BCUT2D eigenvalue weighted by Gasteiger charge is -2.40. The van der Waals surface area contributed by atoms with E-state index >= 15 is 0 Å². The molecule has 0 amide bonds. The van der Waals surface area contributed by atoms with Gasteiger partial charge in [0, 0.05) is 42.7 Å². The number of hydrogen-bond acceptors (Lipinski definition) is 8. The van der Waals surface area contributed by atoms with Gasteiger partial charge in [0.25, 0.3) is 0 Å². The van der Waals surface area contributed by atoms with Crippen molar-refractivity contribution in [1.29, 1.82) is 5.26 Å². The number of likely N-dealkylation sites (tertiary alicyclic amines) is 1. The summed E-state index contributed by atoms with van der Waals surface area (Å²) >= 11 is 6.76. The van der Waals surface area contributed by atoms with E-state index in [0.29, 0.717) is 48.5 Å². The average Bonchev–Trinajstić information content (AvgIpc) is 3.02. The lowest BCUT2D eigenvalue weighted by molar-refractivity contribution is 0.0748. The zero-order valence-electron chi connectivity index (χ0n) is 24.4. The summed E-state index contributed by atoms with van der Waals surface area (Å²) < 4.78 is 24.0. The molecule has 0 saturated carbocycles. The molecule has 3 heterocycles. The molecule has 1 saturated heterocycles. The highest BCUT2D eigenvalue weighted by molar-refractivity contribution is 6.32. The van der Waals surface area contributed by atoms with E-state index < -0.39 is 0 Å². The zero-order valence-corrected chi connectivity index (χ0v) is 25.1. The van der Waals surface area contributed by atoms with Crippen LogP contribution in [0.25, 0.3) is 11.1 Å². The smallest absolute Gasteiger partial charge is 0.161 e. The predicted molar refractivity (Wildman–Crippen MR) is 167 cm³/mol. The van der Waals surface area contributed by atoms with Gasteiger partial charge in [0.2, 0.25) is 0 Å². The number of benzene rings is 3. The molecule has 0 spiro atoms. The molecule has 1 atom stereocenters. The van der Waals surface area contributed by atoms with Crippen LogP contribution in [0.15, 0.2) is 79.3 Å². The van der Waals surface area contributed by atoms with Gasteiger partial charge in [0.1, 0.15) is 49.8 Å². The van der Waals surface area contributed by atoms with Crippen LogP contribution in [0, 0.1) is 18.3 Å². The molecule has 1 N–H and O–H groups in total. The molecule has 44 heavy (non-hydrogen) atoms. The fraction of sp³-hybridized carbons (Fsp3) is 0.257. The minimum Gasteiger partial charge on any atom is -0.511 e. The van der Waals surface area contributed by atoms with Crippen molar-refractivity contribution in [3.05, 3.63) is 112 Å². The largest absolute Gasteiger partial charge is 0.511 e. The molecule has 0 aliphatic carbocycles. The Morgan fingerprint density at radius 2 is 1.86 bits per heavy atom. The number of fused-ring (bicyclic) bond motifs is 1. The second kappa shape index (κ2) is 12.9. The van der Waals surface area contributed by atoms with Crippen LogP contribution in [0.5, 0.6) is 23.0 Å². The SMILES string of the molecule is C=C(O)[C@@H]1CCN1Cc1cc(Cl)c(OCc2cccc(-c3ccc4c(c3)OCCO4)c2C)cc1OCc1cncc(C#N)c1. The predicted octanol–water partition coefficient (Wildman–Crippen LogP) is 7.16. The first-order valence-corrected chi connectivity index (χ1v) is 14.8. The molecule has 4 aromatic rings. The summed E-state index contributed by atoms with van der Waals surface area (Å²) in [6.07, 6.45) is 4.03. The van der Waals surface area contributed by atoms with Crippen molar-refractivity contribution in [2.45, 2.75) is 39.1 Å². The molecular weight excluding hydrogens is 578 g/mol. The normalized spacial score (nSPS) is 15.6. The number of aromatic nitrogens is 1. The van der Waals surface area contributed by atoms with Gasteiger partial charge < -0.3 is 24.1 Å². The minimum absolute atomic E-state index is 0.0986. The standard InChI is InChI=1S/C35H32ClN3O5/c1-22-27(4-3-5-29(22)26-6-7-32-35(14-26)42-11-10-41-32)21-44-34-15-33(43-20-25-12-24(16-37)17-38-18-25)28(13-30(34)36)19-39-9-8-31(39)23(2)40/h3-7,12-15,17-18,31,40H,2,8-11,19-21H2,1H3/t31-/m0/s1. The van der Waals surface area contributed by atoms with E-state index in [0.717, 1.165) is 57.8 Å². The summed E-state index contributed by atoms with van der Waals surface area (Å²) in [6.45, 7) is 8.73. The number of nitriles is 1. The quantitative estimate of drug-likeness (QED) is 0.189. The van der Waals surface area contributed by atoms with E-state index in [1.165, 1.54) is 6.20 Å². The molecule has 0 bridgehead atoms. The van der Waals surface area contributed by atoms with E-state index in [4.69, 9.17) is 30.5 Å². The van der Waals surface area contributed by atoms with Crippen LogP contribution in [-0.2, 0) is 19.8 Å². The van der Waals surface area contributed by atoms with Gasteiger partial charge in [-0.2, -0.15) is 5.26 Å². The van der Waals surface area contributed by atoms with Crippen molar-refractivity contribution in [1.82, 2.24) is 9.88 Å². The van der Waals surface area contributed by atoms with Gasteiger partial charge in [-0.1, -0.05) is 42.4 Å². The third kappa shape index (κ3) is 6.30. The van der Waals surface area contributed by atoms with Gasteiger partial charge in [-0.25, -0.2) is 0 Å². The maximum absolute atomic E-state index is 9.98. The highest BCUT2D eigenvalue weighted by Crippen LogP contribution is 2.38. The highest BCUT2D eigenvalue weighted by atomic mass is 35.5. The van der Waals surface area contributed by atoms with E-state index in [9.17, 15) is 10.4 Å². The first-order valence-electron chi connectivity index (χ1n) is 14.4. The third-order valence-corrected chi connectivity index (χ3v) is 8.30. The summed E-state index contributed by atoms with van der Waals surface area (Å²) in [4.78, 5) is 6.25. The van der Waals surface area contributed by atoms with Gasteiger partial charge in [-0.3, -0.25) is 9.88 Å². The van der Waals surface area contributed by atoms with E-state index in [1.807, 2.05) is 42.5 Å². The fourth-order valence-corrected chi connectivity index (χ4v) is 5.72. The highest BCUT2D eigenvalue weighted by Gasteiger charge is 2.31. The lowest BCUT2D eigenvalue weighted by atomic mass is 9.96. The van der Waals surface area contributed by atoms with Gasteiger partial charge in [-0.15, -0.1) is 0 Å². The van der Waals surface area contributed by atoms with Crippen molar-refractivity contribution in [2.24, 2.45) is 0 Å². The molecule has 1 fully saturated rings. The van der Waals surface area contributed by atoms with Crippen molar-refractivity contribution < 1.29 is 24.1 Å². The van der Waals surface area contributed by atoms with Crippen LogP contribution in [0.3, 0.4) is 0 Å². The molecular formula is C35H32ClN3O5. The molecule has 3 aromatic carbocycles. The first-order chi connectivity index (χ1) is 21.4. The van der Waals surface area contributed by atoms with Crippen molar-refractivity contribution in [2.75, 3.05) is 19.8 Å². The van der Waals surface area contributed by atoms with Crippen molar-refractivity contribution in [3.63, 3.8) is 0 Å². The van der Waals surface area contributed by atoms with Crippen LogP contribution in [-0.4, -0.2) is 40.8 Å². The number of nitrogens with zero attached hydrogens (tertiary/aromatic N) is 3. The number of aliphatic hydroxyl groups is 1. The number of halogens is 1. The maximum atomic E-state index is 9.98. The van der Waals surface area contributed by atoms with Crippen LogP contribution < -0.4 is 18.9 Å². The fourth-order valence-electron chi connectivity index (χ4n) is 5.48. The molecule has 224 valence electrons. The Hall–Kier alpha value is -4.71. The first kappa shape index (κ1) is 29.4. The molecule has 8 nitrogen and oxygen atoms in total. The van der Waals surface area contributed by atoms with E-state index in [-0.39, 0.29) is 18.4 Å². The molecule has 2 aliphatic rings. The number of hydrogen-bond donors (Lipinski definition) is 1. The third-order valence-electron chi connectivity index (χ3n) is 8.00. The Labute approximate surface area is 261 Å². The summed E-state index contributed by atoms with van der Waals surface area (Å²) in [5.41, 5.74) is 6.31. The summed E-state index contributed by atoms with van der Waals surface area (Å²) in [5.74, 6) is 2.75. The zero-order chi connectivity index (χ0) is 30.6. The van der Waals surface area contributed by atoms with Gasteiger partial charge >= 0.3 is 0 Å². The van der Waals surface area contributed by atoms with Crippen LogP contribution in [0.1, 0.15) is 34.2 Å². The number of aliphatic hydroxyl groups excluding tert-OH is 1. The second-order valence-corrected chi connectivity index (χ2v) is 11.3. The minimum atomic E-state index is -0.0986. The maximum Gasteiger partial charge on any atom is 0.161 e. The molecule has 0 unspecified atom stereocenters. The Bertz CT molecular complexity index is 1750. The summed E-state index contributed by atoms with van der Waals surface area (Å²) in [6, 6.07) is 19.5. The molecule has 2 aliphatic heterocycles. The number of pyridine rings is 1. The number of ether oxygens (including phenoxy) is 4. The Balaban J connectivity index is 1.24. The number of rotatable bonds is 10. The lowest BCUT2D eigenvalue weighted by Crippen LogP contribution is -2.47. The van der Waals surface area contributed by atoms with Crippen LogP contribution in [0.2, 0.25) is 5.02 Å². The van der Waals surface area contributed by atoms with Gasteiger partial charge in [-0.05, 0) is 59.9 Å². The van der Waals surface area contributed by atoms with Crippen LogP contribution >= 0.6 is 11.6 Å². The van der Waals surface area contributed by atoms with E-state index in [2.05, 4.69) is 35.5 Å². The van der Waals surface area contributed by atoms with Gasteiger partial charge in [0.15, 0.2) is 11.5 Å².